The molecule has 144 valence electrons. The number of rotatable bonds is 7. The maximum absolute atomic E-state index is 5.85. The standard InChI is InChI=1S/C21H28ClN5/c1-2-23-21(25-15-17-10-11-20(22)24-14-17)26-16-19(27-12-6-7-13-27)18-8-4-3-5-9-18/h3-5,8-11,14,19H,2,6-7,12-13,15-16H2,1H3,(H2,23,25,26). The second-order valence-corrected chi connectivity index (χ2v) is 7.12. The van der Waals surface area contributed by atoms with Crippen molar-refractivity contribution < 1.29 is 0 Å². The summed E-state index contributed by atoms with van der Waals surface area (Å²) < 4.78 is 0. The largest absolute Gasteiger partial charge is 0.357 e. The van der Waals surface area contributed by atoms with Crippen LogP contribution in [-0.2, 0) is 6.54 Å². The van der Waals surface area contributed by atoms with Gasteiger partial charge in [-0.1, -0.05) is 48.0 Å². The molecule has 0 saturated carbocycles. The normalized spacial score (nSPS) is 16.3. The third-order valence-corrected chi connectivity index (χ3v) is 5.00. The Kier molecular flexibility index (Phi) is 7.48. The Hall–Kier alpha value is -2.11. The number of pyridine rings is 1. The van der Waals surface area contributed by atoms with E-state index >= 15 is 0 Å². The van der Waals surface area contributed by atoms with Crippen LogP contribution < -0.4 is 10.6 Å². The van der Waals surface area contributed by atoms with E-state index < -0.39 is 0 Å². The van der Waals surface area contributed by atoms with Crippen LogP contribution >= 0.6 is 11.6 Å². The molecule has 1 fully saturated rings. The molecule has 0 spiro atoms. The number of likely N-dealkylation sites (tertiary alicyclic amines) is 1. The first-order chi connectivity index (χ1) is 13.3. The average Bonchev–Trinajstić information content (AvgIpc) is 3.23. The van der Waals surface area contributed by atoms with E-state index in [0.29, 0.717) is 17.7 Å². The third-order valence-electron chi connectivity index (χ3n) is 4.78. The summed E-state index contributed by atoms with van der Waals surface area (Å²) in [5.74, 6) is 0.826. The highest BCUT2D eigenvalue weighted by Crippen LogP contribution is 2.24. The van der Waals surface area contributed by atoms with Gasteiger partial charge in [0.1, 0.15) is 5.15 Å². The summed E-state index contributed by atoms with van der Waals surface area (Å²) >= 11 is 5.85. The second kappa shape index (κ2) is 10.3. The molecule has 1 aliphatic heterocycles. The van der Waals surface area contributed by atoms with E-state index in [1.54, 1.807) is 12.3 Å². The minimum absolute atomic E-state index is 0.356. The molecule has 0 aliphatic carbocycles. The minimum Gasteiger partial charge on any atom is -0.357 e. The van der Waals surface area contributed by atoms with E-state index in [1.807, 2.05) is 6.07 Å². The van der Waals surface area contributed by atoms with Gasteiger partial charge in [-0.15, -0.1) is 0 Å². The first-order valence-corrected chi connectivity index (χ1v) is 10.1. The molecule has 2 N–H and O–H groups in total. The lowest BCUT2D eigenvalue weighted by atomic mass is 10.1. The van der Waals surface area contributed by atoms with Crippen LogP contribution in [0.3, 0.4) is 0 Å². The van der Waals surface area contributed by atoms with Crippen molar-refractivity contribution >= 4 is 17.6 Å². The molecule has 0 amide bonds. The van der Waals surface area contributed by atoms with Crippen LogP contribution in [0.4, 0.5) is 0 Å². The zero-order chi connectivity index (χ0) is 18.9. The van der Waals surface area contributed by atoms with E-state index in [1.165, 1.54) is 18.4 Å². The monoisotopic (exact) mass is 385 g/mol. The zero-order valence-corrected chi connectivity index (χ0v) is 16.6. The highest BCUT2D eigenvalue weighted by molar-refractivity contribution is 6.29. The molecule has 0 radical (unpaired) electrons. The third kappa shape index (κ3) is 5.94. The quantitative estimate of drug-likeness (QED) is 0.434. The number of benzene rings is 1. The fourth-order valence-corrected chi connectivity index (χ4v) is 3.50. The summed E-state index contributed by atoms with van der Waals surface area (Å²) in [5, 5.41) is 7.37. The molecule has 5 nitrogen and oxygen atoms in total. The predicted molar refractivity (Wildman–Crippen MR) is 112 cm³/mol. The highest BCUT2D eigenvalue weighted by Gasteiger charge is 2.23. The molecule has 2 aromatic rings. The summed E-state index contributed by atoms with van der Waals surface area (Å²) in [6.45, 7) is 6.62. The van der Waals surface area contributed by atoms with Gasteiger partial charge in [0, 0.05) is 19.3 Å². The summed E-state index contributed by atoms with van der Waals surface area (Å²) in [6, 6.07) is 14.8. The summed E-state index contributed by atoms with van der Waals surface area (Å²) in [4.78, 5) is 11.4. The van der Waals surface area contributed by atoms with Crippen molar-refractivity contribution in [1.82, 2.24) is 20.5 Å². The Morgan fingerprint density at radius 2 is 1.93 bits per heavy atom. The Labute approximate surface area is 166 Å². The Balaban J connectivity index is 1.66. The number of hydrogen-bond acceptors (Lipinski definition) is 3. The molecule has 1 atom stereocenters. The average molecular weight is 386 g/mol. The highest BCUT2D eigenvalue weighted by atomic mass is 35.5. The number of nitrogens with zero attached hydrogens (tertiary/aromatic N) is 3. The first-order valence-electron chi connectivity index (χ1n) is 9.68. The summed E-state index contributed by atoms with van der Waals surface area (Å²) in [6.07, 6.45) is 4.33. The molecule has 1 unspecified atom stereocenters. The molecule has 1 aromatic carbocycles. The van der Waals surface area contributed by atoms with Gasteiger partial charge < -0.3 is 10.6 Å². The summed E-state index contributed by atoms with van der Waals surface area (Å²) in [7, 11) is 0. The zero-order valence-electron chi connectivity index (χ0n) is 15.9. The van der Waals surface area contributed by atoms with E-state index in [0.717, 1.165) is 37.7 Å². The SMILES string of the molecule is CCNC(=NCc1ccc(Cl)nc1)NCC(c1ccccc1)N1CCCC1. The van der Waals surface area contributed by atoms with Crippen molar-refractivity contribution in [3.8, 4) is 0 Å². The molecule has 0 bridgehead atoms. The van der Waals surface area contributed by atoms with Crippen molar-refractivity contribution in [2.45, 2.75) is 32.4 Å². The molecule has 6 heteroatoms. The van der Waals surface area contributed by atoms with E-state index in [-0.39, 0.29) is 0 Å². The van der Waals surface area contributed by atoms with E-state index in [2.05, 4.69) is 57.8 Å². The van der Waals surface area contributed by atoms with Crippen molar-refractivity contribution in [3.05, 3.63) is 64.9 Å². The van der Waals surface area contributed by atoms with Gasteiger partial charge >= 0.3 is 0 Å². The van der Waals surface area contributed by atoms with Gasteiger partial charge in [-0.05, 0) is 50.0 Å². The lowest BCUT2D eigenvalue weighted by Crippen LogP contribution is -2.42. The fourth-order valence-electron chi connectivity index (χ4n) is 3.39. The van der Waals surface area contributed by atoms with Gasteiger partial charge in [0.15, 0.2) is 5.96 Å². The lowest BCUT2D eigenvalue weighted by molar-refractivity contribution is 0.245. The van der Waals surface area contributed by atoms with Gasteiger partial charge in [0.05, 0.1) is 12.6 Å². The number of nitrogens with one attached hydrogen (secondary N) is 2. The van der Waals surface area contributed by atoms with Crippen LogP contribution in [0.1, 0.15) is 36.9 Å². The first kappa shape index (κ1) is 19.6. The summed E-state index contributed by atoms with van der Waals surface area (Å²) in [5.41, 5.74) is 2.39. The van der Waals surface area contributed by atoms with Crippen LogP contribution in [0.25, 0.3) is 0 Å². The molecule has 1 saturated heterocycles. The number of aromatic nitrogens is 1. The van der Waals surface area contributed by atoms with Gasteiger partial charge in [0.2, 0.25) is 0 Å². The van der Waals surface area contributed by atoms with Crippen molar-refractivity contribution in [3.63, 3.8) is 0 Å². The molecular weight excluding hydrogens is 358 g/mol. The van der Waals surface area contributed by atoms with Crippen LogP contribution in [0.15, 0.2) is 53.7 Å². The predicted octanol–water partition coefficient (Wildman–Crippen LogP) is 3.63. The number of aliphatic imine (C=N–C) groups is 1. The smallest absolute Gasteiger partial charge is 0.191 e. The van der Waals surface area contributed by atoms with Crippen LogP contribution in [0, 0.1) is 0 Å². The fraction of sp³-hybridized carbons (Fsp3) is 0.429. The Bertz CT molecular complexity index is 711. The van der Waals surface area contributed by atoms with Gasteiger partial charge in [-0.3, -0.25) is 4.90 Å². The number of halogens is 1. The molecule has 1 aliphatic rings. The van der Waals surface area contributed by atoms with E-state index in [9.17, 15) is 0 Å². The van der Waals surface area contributed by atoms with Gasteiger partial charge in [-0.25, -0.2) is 9.98 Å². The maximum Gasteiger partial charge on any atom is 0.191 e. The second-order valence-electron chi connectivity index (χ2n) is 6.73. The Morgan fingerprint density at radius 1 is 1.15 bits per heavy atom. The van der Waals surface area contributed by atoms with Crippen LogP contribution in [0.5, 0.6) is 0 Å². The topological polar surface area (TPSA) is 52.6 Å². The number of guanidine groups is 1. The Morgan fingerprint density at radius 3 is 2.59 bits per heavy atom. The maximum atomic E-state index is 5.85. The molecule has 1 aromatic heterocycles. The number of hydrogen-bond donors (Lipinski definition) is 2. The van der Waals surface area contributed by atoms with Gasteiger partial charge in [-0.2, -0.15) is 0 Å². The van der Waals surface area contributed by atoms with Crippen molar-refractivity contribution in [2.24, 2.45) is 4.99 Å². The molecule has 3 rings (SSSR count). The van der Waals surface area contributed by atoms with Crippen LogP contribution in [0.2, 0.25) is 5.15 Å². The minimum atomic E-state index is 0.356. The van der Waals surface area contributed by atoms with Crippen molar-refractivity contribution in [1.29, 1.82) is 0 Å². The molecular formula is C21H28ClN5. The molecule has 27 heavy (non-hydrogen) atoms. The molecule has 2 heterocycles. The lowest BCUT2D eigenvalue weighted by Gasteiger charge is -2.29. The van der Waals surface area contributed by atoms with E-state index in [4.69, 9.17) is 16.6 Å². The van der Waals surface area contributed by atoms with Gasteiger partial charge in [0.25, 0.3) is 0 Å². The van der Waals surface area contributed by atoms with Crippen molar-refractivity contribution in [2.75, 3.05) is 26.2 Å². The van der Waals surface area contributed by atoms with Crippen LogP contribution in [-0.4, -0.2) is 42.0 Å².